The Hall–Kier alpha value is -1.47. The lowest BCUT2D eigenvalue weighted by Crippen LogP contribution is -2.26. The van der Waals surface area contributed by atoms with Crippen LogP contribution in [0.15, 0.2) is 24.3 Å². The monoisotopic (exact) mass is 265 g/mol. The molecule has 0 radical (unpaired) electrons. The molecule has 0 saturated carbocycles. The molecule has 3 N–H and O–H groups in total. The summed E-state index contributed by atoms with van der Waals surface area (Å²) >= 11 is 0. The van der Waals surface area contributed by atoms with Crippen molar-refractivity contribution >= 4 is 0 Å². The SMILES string of the molecule is NC(CO)CCOc1ccc(OC(F)(F)F)cc1. The normalized spacial score (nSPS) is 13.2. The van der Waals surface area contributed by atoms with Crippen molar-refractivity contribution in [1.29, 1.82) is 0 Å². The molecule has 1 aromatic carbocycles. The van der Waals surface area contributed by atoms with E-state index in [0.717, 1.165) is 12.1 Å². The predicted octanol–water partition coefficient (Wildman–Crippen LogP) is 1.67. The zero-order chi connectivity index (χ0) is 13.6. The Bertz CT molecular complexity index is 354. The van der Waals surface area contributed by atoms with Crippen molar-refractivity contribution in [2.24, 2.45) is 5.73 Å². The average molecular weight is 265 g/mol. The molecule has 18 heavy (non-hydrogen) atoms. The number of aliphatic hydroxyl groups is 1. The Morgan fingerprint density at radius 3 is 2.22 bits per heavy atom. The Morgan fingerprint density at radius 1 is 1.17 bits per heavy atom. The van der Waals surface area contributed by atoms with Gasteiger partial charge >= 0.3 is 6.36 Å². The van der Waals surface area contributed by atoms with E-state index in [1.807, 2.05) is 0 Å². The molecule has 1 aromatic rings. The first kappa shape index (κ1) is 14.6. The van der Waals surface area contributed by atoms with Crippen molar-refractivity contribution in [1.82, 2.24) is 0 Å². The third kappa shape index (κ3) is 5.74. The Labute approximate surface area is 102 Å². The number of halogens is 3. The number of benzene rings is 1. The zero-order valence-electron chi connectivity index (χ0n) is 9.48. The van der Waals surface area contributed by atoms with Gasteiger partial charge in [0.25, 0.3) is 0 Å². The molecule has 0 amide bonds. The van der Waals surface area contributed by atoms with Gasteiger partial charge in [-0.2, -0.15) is 0 Å². The summed E-state index contributed by atoms with van der Waals surface area (Å²) in [5.41, 5.74) is 5.46. The maximum atomic E-state index is 11.9. The van der Waals surface area contributed by atoms with Crippen LogP contribution in [0.1, 0.15) is 6.42 Å². The van der Waals surface area contributed by atoms with Gasteiger partial charge in [-0.3, -0.25) is 0 Å². The van der Waals surface area contributed by atoms with Crippen LogP contribution in [0.2, 0.25) is 0 Å². The number of aliphatic hydroxyl groups excluding tert-OH is 1. The summed E-state index contributed by atoms with van der Waals surface area (Å²) in [6.07, 6.45) is -4.24. The molecule has 1 atom stereocenters. The van der Waals surface area contributed by atoms with E-state index in [2.05, 4.69) is 4.74 Å². The molecule has 0 aliphatic heterocycles. The van der Waals surface area contributed by atoms with Crippen LogP contribution in [0.25, 0.3) is 0 Å². The minimum Gasteiger partial charge on any atom is -0.494 e. The van der Waals surface area contributed by atoms with Crippen LogP contribution in [-0.4, -0.2) is 30.7 Å². The Kier molecular flexibility index (Phi) is 5.24. The number of alkyl halides is 3. The van der Waals surface area contributed by atoms with Crippen molar-refractivity contribution in [2.45, 2.75) is 18.8 Å². The first-order valence-corrected chi connectivity index (χ1v) is 5.26. The van der Waals surface area contributed by atoms with Gasteiger partial charge in [0, 0.05) is 6.04 Å². The molecule has 1 rings (SSSR count). The zero-order valence-corrected chi connectivity index (χ0v) is 9.48. The summed E-state index contributed by atoms with van der Waals surface area (Å²) < 4.78 is 44.6. The van der Waals surface area contributed by atoms with Crippen LogP contribution in [0.4, 0.5) is 13.2 Å². The van der Waals surface area contributed by atoms with Crippen LogP contribution in [0.5, 0.6) is 11.5 Å². The molecule has 0 heterocycles. The topological polar surface area (TPSA) is 64.7 Å². The molecule has 7 heteroatoms. The van der Waals surface area contributed by atoms with E-state index in [0.29, 0.717) is 12.2 Å². The van der Waals surface area contributed by atoms with Crippen LogP contribution >= 0.6 is 0 Å². The van der Waals surface area contributed by atoms with E-state index in [9.17, 15) is 13.2 Å². The third-order valence-electron chi connectivity index (χ3n) is 2.05. The highest BCUT2D eigenvalue weighted by atomic mass is 19.4. The minimum atomic E-state index is -4.70. The standard InChI is InChI=1S/C11H14F3NO3/c12-11(13,14)18-10-3-1-9(2-4-10)17-6-5-8(15)7-16/h1-4,8,16H,5-7,15H2. The summed E-state index contributed by atoms with van der Waals surface area (Å²) in [6, 6.07) is 4.69. The van der Waals surface area contributed by atoms with Crippen LogP contribution in [0, 0.1) is 0 Å². The molecule has 102 valence electrons. The summed E-state index contributed by atoms with van der Waals surface area (Å²) in [4.78, 5) is 0. The number of hydrogen-bond acceptors (Lipinski definition) is 4. The molecule has 0 fully saturated rings. The molecule has 0 aliphatic carbocycles. The Morgan fingerprint density at radius 2 is 1.72 bits per heavy atom. The van der Waals surface area contributed by atoms with Crippen LogP contribution < -0.4 is 15.2 Å². The molecule has 0 aliphatic rings. The average Bonchev–Trinajstić information content (AvgIpc) is 2.29. The number of ether oxygens (including phenoxy) is 2. The molecule has 0 aromatic heterocycles. The highest BCUT2D eigenvalue weighted by Crippen LogP contribution is 2.24. The molecule has 1 unspecified atom stereocenters. The van der Waals surface area contributed by atoms with Gasteiger partial charge in [0.1, 0.15) is 11.5 Å². The summed E-state index contributed by atoms with van der Waals surface area (Å²) in [6.45, 7) is 0.142. The first-order valence-electron chi connectivity index (χ1n) is 5.26. The van der Waals surface area contributed by atoms with E-state index in [1.165, 1.54) is 12.1 Å². The number of nitrogens with two attached hydrogens (primary N) is 1. The maximum absolute atomic E-state index is 11.9. The van der Waals surface area contributed by atoms with Gasteiger partial charge in [0.05, 0.1) is 13.2 Å². The lowest BCUT2D eigenvalue weighted by atomic mass is 10.2. The molecular formula is C11H14F3NO3. The third-order valence-corrected chi connectivity index (χ3v) is 2.05. The molecule has 4 nitrogen and oxygen atoms in total. The second kappa shape index (κ2) is 6.46. The highest BCUT2D eigenvalue weighted by molar-refractivity contribution is 5.31. The van der Waals surface area contributed by atoms with Crippen molar-refractivity contribution < 1.29 is 27.8 Å². The lowest BCUT2D eigenvalue weighted by molar-refractivity contribution is -0.274. The van der Waals surface area contributed by atoms with Crippen molar-refractivity contribution in [2.75, 3.05) is 13.2 Å². The van der Waals surface area contributed by atoms with Gasteiger partial charge in [-0.25, -0.2) is 0 Å². The lowest BCUT2D eigenvalue weighted by Gasteiger charge is -2.11. The molecule has 0 spiro atoms. The number of rotatable bonds is 6. The van der Waals surface area contributed by atoms with Gasteiger partial charge in [0.15, 0.2) is 0 Å². The summed E-state index contributed by atoms with van der Waals surface area (Å²) in [7, 11) is 0. The van der Waals surface area contributed by atoms with Crippen molar-refractivity contribution in [3.63, 3.8) is 0 Å². The first-order chi connectivity index (χ1) is 8.40. The highest BCUT2D eigenvalue weighted by Gasteiger charge is 2.30. The quantitative estimate of drug-likeness (QED) is 0.821. The fourth-order valence-electron chi connectivity index (χ4n) is 1.16. The van der Waals surface area contributed by atoms with Crippen LogP contribution in [0.3, 0.4) is 0 Å². The predicted molar refractivity (Wildman–Crippen MR) is 58.3 cm³/mol. The van der Waals surface area contributed by atoms with Gasteiger partial charge in [-0.05, 0) is 30.7 Å². The van der Waals surface area contributed by atoms with Gasteiger partial charge in [-0.15, -0.1) is 13.2 Å². The fourth-order valence-corrected chi connectivity index (χ4v) is 1.16. The Balaban J connectivity index is 2.41. The summed E-state index contributed by atoms with van der Waals surface area (Å²) in [5, 5.41) is 8.67. The second-order valence-electron chi connectivity index (χ2n) is 3.60. The van der Waals surface area contributed by atoms with E-state index in [4.69, 9.17) is 15.6 Å². The van der Waals surface area contributed by atoms with Crippen LogP contribution in [-0.2, 0) is 0 Å². The van der Waals surface area contributed by atoms with Gasteiger partial charge in [-0.1, -0.05) is 0 Å². The van der Waals surface area contributed by atoms with E-state index >= 15 is 0 Å². The van der Waals surface area contributed by atoms with Gasteiger partial charge in [0.2, 0.25) is 0 Å². The van der Waals surface area contributed by atoms with Gasteiger partial charge < -0.3 is 20.3 Å². The van der Waals surface area contributed by atoms with E-state index in [1.54, 1.807) is 0 Å². The molecular weight excluding hydrogens is 251 g/mol. The van der Waals surface area contributed by atoms with E-state index < -0.39 is 6.36 Å². The maximum Gasteiger partial charge on any atom is 0.573 e. The molecule has 0 bridgehead atoms. The smallest absolute Gasteiger partial charge is 0.494 e. The summed E-state index contributed by atoms with van der Waals surface area (Å²) in [5.74, 6) is 0.108. The fraction of sp³-hybridized carbons (Fsp3) is 0.455. The molecule has 0 saturated heterocycles. The largest absolute Gasteiger partial charge is 0.573 e. The van der Waals surface area contributed by atoms with Crippen molar-refractivity contribution in [3.05, 3.63) is 24.3 Å². The van der Waals surface area contributed by atoms with E-state index in [-0.39, 0.29) is 25.0 Å². The minimum absolute atomic E-state index is 0.137. The number of hydrogen-bond donors (Lipinski definition) is 2. The van der Waals surface area contributed by atoms with Crippen molar-refractivity contribution in [3.8, 4) is 11.5 Å². The second-order valence-corrected chi connectivity index (χ2v) is 3.60.